The van der Waals surface area contributed by atoms with Crippen LogP contribution in [0.4, 0.5) is 10.1 Å². The minimum Gasteiger partial charge on any atom is -0.381 e. The summed E-state index contributed by atoms with van der Waals surface area (Å²) in [5, 5.41) is 5.52. The van der Waals surface area contributed by atoms with Gasteiger partial charge in [0.05, 0.1) is 11.2 Å². The number of carbonyl (C=O) groups excluding carboxylic acids is 3. The molecule has 0 spiro atoms. The highest BCUT2D eigenvalue weighted by Crippen LogP contribution is 2.33. The lowest BCUT2D eigenvalue weighted by Crippen LogP contribution is -2.56. The third-order valence-electron chi connectivity index (χ3n) is 7.08. The van der Waals surface area contributed by atoms with Crippen LogP contribution in [0.1, 0.15) is 70.3 Å². The Morgan fingerprint density at radius 3 is 2.58 bits per heavy atom. The Morgan fingerprint density at radius 2 is 1.87 bits per heavy atom. The summed E-state index contributed by atoms with van der Waals surface area (Å²) in [6.45, 7) is 6.88. The van der Waals surface area contributed by atoms with Crippen molar-refractivity contribution >= 4 is 23.4 Å². The number of amides is 3. The van der Waals surface area contributed by atoms with Crippen molar-refractivity contribution in [2.45, 2.75) is 77.4 Å². The fourth-order valence-electron chi connectivity index (χ4n) is 5.77. The first kappa shape index (κ1) is 23.8. The molecule has 3 heterocycles. The quantitative estimate of drug-likeness (QED) is 0.562. The lowest BCUT2D eigenvalue weighted by atomic mass is 9.98. The van der Waals surface area contributed by atoms with E-state index in [1.54, 1.807) is 29.2 Å². The zero-order valence-electron chi connectivity index (χ0n) is 24.2. The van der Waals surface area contributed by atoms with Gasteiger partial charge in [0.25, 0.3) is 5.91 Å². The Labute approximate surface area is 225 Å². The van der Waals surface area contributed by atoms with Gasteiger partial charge in [0, 0.05) is 64.2 Å². The molecule has 2 saturated heterocycles. The van der Waals surface area contributed by atoms with Crippen LogP contribution in [0.3, 0.4) is 0 Å². The zero-order valence-corrected chi connectivity index (χ0v) is 22.2. The number of fused-ring (bicyclic) bond motifs is 1. The second-order valence-corrected chi connectivity index (χ2v) is 11.5. The molecule has 1 unspecified atom stereocenters. The van der Waals surface area contributed by atoms with Crippen LogP contribution in [0.2, 0.25) is 0 Å². The Bertz CT molecular complexity index is 1360. The molecule has 9 heteroatoms. The molecule has 0 bridgehead atoms. The van der Waals surface area contributed by atoms with Crippen LogP contribution in [0.5, 0.6) is 0 Å². The molecule has 2 N–H and O–H groups in total. The van der Waals surface area contributed by atoms with E-state index >= 15 is 0 Å². The number of rotatable bonds is 6. The Kier molecular flexibility index (Phi) is 6.12. The molecule has 0 aromatic heterocycles. The van der Waals surface area contributed by atoms with Gasteiger partial charge in [0.15, 0.2) is 0 Å². The number of nitrogens with one attached hydrogen (secondary N) is 2. The monoisotopic (exact) mass is 524 g/mol. The number of piperidine rings is 1. The van der Waals surface area contributed by atoms with Crippen molar-refractivity contribution in [1.29, 1.82) is 0 Å². The summed E-state index contributed by atoms with van der Waals surface area (Å²) in [6, 6.07) is 8.78. The smallest absolute Gasteiger partial charge is 0.255 e. The summed E-state index contributed by atoms with van der Waals surface area (Å²) in [6.07, 6.45) is 0.439. The van der Waals surface area contributed by atoms with Gasteiger partial charge in [-0.05, 0) is 63.9 Å². The predicted octanol–water partition coefficient (Wildman–Crippen LogP) is 3.59. The van der Waals surface area contributed by atoms with Gasteiger partial charge in [-0.1, -0.05) is 12.1 Å². The summed E-state index contributed by atoms with van der Waals surface area (Å²) in [5.74, 6) is -1.58. The van der Waals surface area contributed by atoms with Crippen LogP contribution < -0.4 is 10.6 Å². The van der Waals surface area contributed by atoms with Crippen LogP contribution in [-0.2, 0) is 33.9 Å². The van der Waals surface area contributed by atoms with Crippen molar-refractivity contribution in [3.8, 4) is 0 Å². The molecule has 38 heavy (non-hydrogen) atoms. The average molecular weight is 525 g/mol. The number of halogens is 1. The standard InChI is InChI=1S/C29H35FN4O4/c1-28(2)16-33(17-29(3,4)38-28)14-18-8-9-22(30)19(12-18)13-31-23-7-5-6-20-21(23)15-34(27(20)37)24-10-11-25(35)32-26(24)36/h5-9,12,24,31H,10-11,13-17H2,1-4H3,(H,32,35,36)/i14D2. The molecule has 2 aromatic rings. The molecule has 0 aliphatic carbocycles. The van der Waals surface area contributed by atoms with Gasteiger partial charge in [-0.15, -0.1) is 0 Å². The van der Waals surface area contributed by atoms with Gasteiger partial charge in [0.1, 0.15) is 11.9 Å². The summed E-state index contributed by atoms with van der Waals surface area (Å²) in [4.78, 5) is 40.3. The Morgan fingerprint density at radius 1 is 1.13 bits per heavy atom. The maximum atomic E-state index is 14.9. The highest BCUT2D eigenvalue weighted by atomic mass is 19.1. The number of nitrogens with zero attached hydrogens (tertiary/aromatic N) is 2. The summed E-state index contributed by atoms with van der Waals surface area (Å²) in [7, 11) is 0. The number of hydrogen-bond acceptors (Lipinski definition) is 6. The summed E-state index contributed by atoms with van der Waals surface area (Å²) in [5.41, 5.74) is 1.32. The first-order chi connectivity index (χ1) is 18.7. The molecule has 5 rings (SSSR count). The van der Waals surface area contributed by atoms with E-state index in [1.165, 1.54) is 17.0 Å². The van der Waals surface area contributed by atoms with Crippen LogP contribution in [-0.4, -0.2) is 57.9 Å². The van der Waals surface area contributed by atoms with Crippen molar-refractivity contribution in [1.82, 2.24) is 15.1 Å². The van der Waals surface area contributed by atoms with E-state index in [9.17, 15) is 18.8 Å². The Balaban J connectivity index is 1.35. The lowest BCUT2D eigenvalue weighted by Gasteiger charge is -2.47. The number of ether oxygens (including phenoxy) is 1. The third kappa shape index (κ3) is 5.44. The van der Waals surface area contributed by atoms with E-state index in [1.807, 2.05) is 27.7 Å². The second kappa shape index (κ2) is 9.78. The first-order valence-corrected chi connectivity index (χ1v) is 12.9. The van der Waals surface area contributed by atoms with E-state index in [0.29, 0.717) is 35.5 Å². The molecule has 202 valence electrons. The molecule has 0 radical (unpaired) electrons. The maximum absolute atomic E-state index is 14.9. The molecule has 3 aliphatic rings. The zero-order chi connectivity index (χ0) is 29.0. The molecule has 3 aliphatic heterocycles. The van der Waals surface area contributed by atoms with E-state index in [2.05, 4.69) is 10.6 Å². The van der Waals surface area contributed by atoms with Crippen LogP contribution in [0, 0.1) is 5.82 Å². The van der Waals surface area contributed by atoms with Crippen molar-refractivity contribution in [3.63, 3.8) is 0 Å². The van der Waals surface area contributed by atoms with Gasteiger partial charge < -0.3 is 15.0 Å². The fraction of sp³-hybridized carbons (Fsp3) is 0.483. The molecule has 1 atom stereocenters. The number of morpholine rings is 1. The normalized spacial score (nSPS) is 24.0. The topological polar surface area (TPSA) is 91.0 Å². The minimum absolute atomic E-state index is 0.0684. The van der Waals surface area contributed by atoms with Crippen molar-refractivity contribution in [2.75, 3.05) is 18.4 Å². The SMILES string of the molecule is [2H]C([2H])(c1ccc(F)c(CNc2cccc3c2CN(C2CCC(=O)NC2=O)C3=O)c1)N1CC(C)(C)OC(C)(C)C1. The van der Waals surface area contributed by atoms with Crippen LogP contribution in [0.15, 0.2) is 36.4 Å². The molecule has 3 amide bonds. The van der Waals surface area contributed by atoms with Crippen molar-refractivity contribution < 1.29 is 26.3 Å². The minimum atomic E-state index is -1.86. The van der Waals surface area contributed by atoms with E-state index < -0.39 is 35.5 Å². The molecular formula is C29H35FN4O4. The predicted molar refractivity (Wildman–Crippen MR) is 141 cm³/mol. The molecule has 0 saturated carbocycles. The molecular weight excluding hydrogens is 487 g/mol. The van der Waals surface area contributed by atoms with Crippen LogP contribution >= 0.6 is 0 Å². The van der Waals surface area contributed by atoms with Crippen molar-refractivity contribution in [2.24, 2.45) is 0 Å². The summed E-state index contributed by atoms with van der Waals surface area (Å²) < 4.78 is 38.9. The average Bonchev–Trinajstić information content (AvgIpc) is 3.18. The molecule has 2 aromatic carbocycles. The first-order valence-electron chi connectivity index (χ1n) is 13.9. The van der Waals surface area contributed by atoms with Crippen molar-refractivity contribution in [3.05, 3.63) is 64.5 Å². The van der Waals surface area contributed by atoms with E-state index in [0.717, 1.165) is 0 Å². The lowest BCUT2D eigenvalue weighted by molar-refractivity contribution is -0.182. The number of imide groups is 1. The number of anilines is 1. The number of hydrogen-bond donors (Lipinski definition) is 2. The van der Waals surface area contributed by atoms with E-state index in [4.69, 9.17) is 7.48 Å². The van der Waals surface area contributed by atoms with Gasteiger partial charge in [0.2, 0.25) is 11.8 Å². The van der Waals surface area contributed by atoms with Gasteiger partial charge >= 0.3 is 0 Å². The second-order valence-electron chi connectivity index (χ2n) is 11.5. The van der Waals surface area contributed by atoms with Crippen LogP contribution in [0.25, 0.3) is 0 Å². The highest BCUT2D eigenvalue weighted by Gasteiger charge is 2.40. The highest BCUT2D eigenvalue weighted by molar-refractivity contribution is 6.06. The number of carbonyl (C=O) groups is 3. The number of benzene rings is 2. The largest absolute Gasteiger partial charge is 0.381 e. The van der Waals surface area contributed by atoms with E-state index in [-0.39, 0.29) is 43.3 Å². The molecule has 2 fully saturated rings. The summed E-state index contributed by atoms with van der Waals surface area (Å²) >= 11 is 0. The fourth-order valence-corrected chi connectivity index (χ4v) is 5.77. The molecule has 8 nitrogen and oxygen atoms in total. The van der Waals surface area contributed by atoms with Gasteiger partial charge in [-0.2, -0.15) is 0 Å². The Hall–Kier alpha value is -3.30. The van der Waals surface area contributed by atoms with Gasteiger partial charge in [-0.25, -0.2) is 4.39 Å². The maximum Gasteiger partial charge on any atom is 0.255 e. The third-order valence-corrected chi connectivity index (χ3v) is 7.08. The van der Waals surface area contributed by atoms with Gasteiger partial charge in [-0.3, -0.25) is 24.6 Å².